The molecule has 0 spiro atoms. The number of fused-ring (bicyclic) bond motifs is 1. The Kier molecular flexibility index (Phi) is 5.10. The highest BCUT2D eigenvalue weighted by Crippen LogP contribution is 2.27. The van der Waals surface area contributed by atoms with Crippen LogP contribution in [-0.4, -0.2) is 40.7 Å². The van der Waals surface area contributed by atoms with Crippen LogP contribution in [0.4, 0.5) is 5.69 Å². The molecular formula is C18H20Cl2N8O. The quantitative estimate of drug-likeness (QED) is 0.368. The van der Waals surface area contributed by atoms with Gasteiger partial charge in [0.15, 0.2) is 5.82 Å². The van der Waals surface area contributed by atoms with Gasteiger partial charge in [-0.3, -0.25) is 4.68 Å². The number of aromatic nitrogens is 7. The van der Waals surface area contributed by atoms with E-state index in [0.717, 1.165) is 22.6 Å². The first kappa shape index (κ1) is 19.5. The zero-order chi connectivity index (χ0) is 20.7. The van der Waals surface area contributed by atoms with E-state index in [4.69, 9.17) is 33.7 Å². The molecule has 0 radical (unpaired) electrons. The summed E-state index contributed by atoms with van der Waals surface area (Å²) in [7, 11) is 1.86. The van der Waals surface area contributed by atoms with Crippen LogP contribution >= 0.6 is 23.2 Å². The van der Waals surface area contributed by atoms with E-state index < -0.39 is 0 Å². The van der Waals surface area contributed by atoms with Crippen molar-refractivity contribution < 1.29 is 4.74 Å². The Balaban J connectivity index is 1.45. The van der Waals surface area contributed by atoms with Crippen molar-refractivity contribution in [1.82, 2.24) is 34.1 Å². The van der Waals surface area contributed by atoms with Crippen LogP contribution in [0.25, 0.3) is 16.9 Å². The SMILES string of the molecule is Cc1cc(-n2nc(OCCCn3cc(Cl)c4cnc(Cl)nc43)c(N)c2C)n(C)n1. The van der Waals surface area contributed by atoms with Crippen molar-refractivity contribution in [3.05, 3.63) is 40.2 Å². The highest BCUT2D eigenvalue weighted by atomic mass is 35.5. The van der Waals surface area contributed by atoms with E-state index >= 15 is 0 Å². The second kappa shape index (κ2) is 7.57. The van der Waals surface area contributed by atoms with Crippen LogP contribution in [0.3, 0.4) is 0 Å². The topological polar surface area (TPSA) is 102 Å². The Morgan fingerprint density at radius 1 is 1.21 bits per heavy atom. The van der Waals surface area contributed by atoms with Crippen molar-refractivity contribution in [2.24, 2.45) is 7.05 Å². The zero-order valence-corrected chi connectivity index (χ0v) is 17.7. The van der Waals surface area contributed by atoms with E-state index in [9.17, 15) is 0 Å². The molecule has 0 bridgehead atoms. The highest BCUT2D eigenvalue weighted by molar-refractivity contribution is 6.35. The minimum atomic E-state index is 0.184. The number of nitrogens with two attached hydrogens (primary N) is 1. The Labute approximate surface area is 177 Å². The summed E-state index contributed by atoms with van der Waals surface area (Å²) >= 11 is 12.1. The van der Waals surface area contributed by atoms with Crippen LogP contribution in [0.15, 0.2) is 18.5 Å². The summed E-state index contributed by atoms with van der Waals surface area (Å²) in [5.74, 6) is 1.23. The fourth-order valence-corrected chi connectivity index (χ4v) is 3.57. The predicted molar refractivity (Wildman–Crippen MR) is 112 cm³/mol. The van der Waals surface area contributed by atoms with Gasteiger partial charge in [0.2, 0.25) is 5.28 Å². The first-order valence-electron chi connectivity index (χ1n) is 9.01. The Morgan fingerprint density at radius 2 is 2.00 bits per heavy atom. The van der Waals surface area contributed by atoms with Crippen molar-refractivity contribution in [2.45, 2.75) is 26.8 Å². The number of nitrogens with zero attached hydrogens (tertiary/aromatic N) is 7. The number of ether oxygens (including phenoxy) is 1. The zero-order valence-electron chi connectivity index (χ0n) is 16.2. The van der Waals surface area contributed by atoms with Gasteiger partial charge in [0.25, 0.3) is 5.88 Å². The van der Waals surface area contributed by atoms with Crippen LogP contribution in [0.1, 0.15) is 17.8 Å². The standard InChI is InChI=1S/C18H20Cl2N8O/c1-10-7-14(26(3)24-10)28-11(2)15(21)17(25-28)29-6-4-5-27-9-13(19)12-8-22-18(20)23-16(12)27/h7-9H,4-6,21H2,1-3H3. The number of rotatable bonds is 6. The molecule has 2 N–H and O–H groups in total. The maximum atomic E-state index is 6.24. The van der Waals surface area contributed by atoms with Gasteiger partial charge >= 0.3 is 0 Å². The molecule has 152 valence electrons. The molecule has 0 aliphatic rings. The molecule has 0 aliphatic carbocycles. The van der Waals surface area contributed by atoms with Crippen molar-refractivity contribution in [3.63, 3.8) is 0 Å². The van der Waals surface area contributed by atoms with E-state index in [1.165, 1.54) is 0 Å². The average Bonchev–Trinajstić information content (AvgIpc) is 3.27. The van der Waals surface area contributed by atoms with Gasteiger partial charge in [0.1, 0.15) is 11.3 Å². The second-order valence-electron chi connectivity index (χ2n) is 6.73. The maximum absolute atomic E-state index is 6.24. The molecule has 11 heteroatoms. The fourth-order valence-electron chi connectivity index (χ4n) is 3.19. The van der Waals surface area contributed by atoms with E-state index in [-0.39, 0.29) is 5.28 Å². The molecule has 4 heterocycles. The van der Waals surface area contributed by atoms with Gasteiger partial charge in [-0.25, -0.2) is 9.67 Å². The summed E-state index contributed by atoms with van der Waals surface area (Å²) < 4.78 is 11.3. The molecule has 0 fully saturated rings. The molecule has 0 saturated carbocycles. The lowest BCUT2D eigenvalue weighted by Gasteiger charge is -2.06. The van der Waals surface area contributed by atoms with E-state index in [2.05, 4.69) is 20.2 Å². The van der Waals surface area contributed by atoms with Crippen LogP contribution in [-0.2, 0) is 13.6 Å². The van der Waals surface area contributed by atoms with Crippen molar-refractivity contribution in [1.29, 1.82) is 0 Å². The fraction of sp³-hybridized carbons (Fsp3) is 0.333. The van der Waals surface area contributed by atoms with E-state index in [0.29, 0.717) is 41.8 Å². The van der Waals surface area contributed by atoms with Crippen LogP contribution in [0.2, 0.25) is 10.3 Å². The van der Waals surface area contributed by atoms with Gasteiger partial charge in [-0.05, 0) is 31.9 Å². The molecule has 4 rings (SSSR count). The van der Waals surface area contributed by atoms with Gasteiger partial charge in [-0.1, -0.05) is 11.6 Å². The molecule has 29 heavy (non-hydrogen) atoms. The maximum Gasteiger partial charge on any atom is 0.257 e. The lowest BCUT2D eigenvalue weighted by atomic mass is 10.4. The minimum absolute atomic E-state index is 0.184. The third-order valence-corrected chi connectivity index (χ3v) is 5.13. The van der Waals surface area contributed by atoms with Crippen molar-refractivity contribution in [3.8, 4) is 11.7 Å². The number of hydrogen-bond donors (Lipinski definition) is 1. The molecule has 0 saturated heterocycles. The predicted octanol–water partition coefficient (Wildman–Crippen LogP) is 3.33. The second-order valence-corrected chi connectivity index (χ2v) is 7.48. The molecule has 9 nitrogen and oxygen atoms in total. The Morgan fingerprint density at radius 3 is 2.72 bits per heavy atom. The summed E-state index contributed by atoms with van der Waals surface area (Å²) in [6.07, 6.45) is 4.14. The van der Waals surface area contributed by atoms with E-state index in [1.54, 1.807) is 15.6 Å². The molecule has 0 aromatic carbocycles. The van der Waals surface area contributed by atoms with Gasteiger partial charge in [0, 0.05) is 32.1 Å². The summed E-state index contributed by atoms with van der Waals surface area (Å²) in [4.78, 5) is 8.23. The number of hydrogen-bond acceptors (Lipinski definition) is 6. The molecular weight excluding hydrogens is 415 g/mol. The van der Waals surface area contributed by atoms with E-state index in [1.807, 2.05) is 37.7 Å². The molecule has 0 aliphatic heterocycles. The molecule has 4 aromatic rings. The molecule has 4 aromatic heterocycles. The monoisotopic (exact) mass is 434 g/mol. The number of aryl methyl sites for hydroxylation is 3. The Bertz CT molecular complexity index is 1190. The summed E-state index contributed by atoms with van der Waals surface area (Å²) in [6, 6.07) is 1.94. The number of nitrogen functional groups attached to an aromatic ring is 1. The Hall–Kier alpha value is -2.78. The third-order valence-electron chi connectivity index (χ3n) is 4.64. The van der Waals surface area contributed by atoms with Gasteiger partial charge < -0.3 is 15.0 Å². The summed E-state index contributed by atoms with van der Waals surface area (Å²) in [6.45, 7) is 4.91. The van der Waals surface area contributed by atoms with Gasteiger partial charge in [0.05, 0.1) is 28.4 Å². The van der Waals surface area contributed by atoms with Crippen molar-refractivity contribution in [2.75, 3.05) is 12.3 Å². The molecule has 0 atom stereocenters. The molecule has 0 unspecified atom stereocenters. The number of anilines is 1. The van der Waals surface area contributed by atoms with Crippen LogP contribution in [0.5, 0.6) is 5.88 Å². The normalized spacial score (nSPS) is 11.5. The minimum Gasteiger partial charge on any atom is -0.475 e. The number of halogens is 2. The lowest BCUT2D eigenvalue weighted by Crippen LogP contribution is -2.07. The van der Waals surface area contributed by atoms with Gasteiger partial charge in [-0.2, -0.15) is 10.1 Å². The third kappa shape index (κ3) is 3.63. The van der Waals surface area contributed by atoms with Crippen molar-refractivity contribution >= 4 is 39.9 Å². The smallest absolute Gasteiger partial charge is 0.257 e. The van der Waals surface area contributed by atoms with Gasteiger partial charge in [-0.15, -0.1) is 5.10 Å². The lowest BCUT2D eigenvalue weighted by molar-refractivity contribution is 0.291. The summed E-state index contributed by atoms with van der Waals surface area (Å²) in [5.41, 5.74) is 9.11. The van der Waals surface area contributed by atoms with Crippen LogP contribution in [0, 0.1) is 13.8 Å². The first-order chi connectivity index (χ1) is 13.8. The van der Waals surface area contributed by atoms with Crippen LogP contribution < -0.4 is 10.5 Å². The molecule has 0 amide bonds. The first-order valence-corrected chi connectivity index (χ1v) is 9.76. The average molecular weight is 435 g/mol. The highest BCUT2D eigenvalue weighted by Gasteiger charge is 2.17. The summed E-state index contributed by atoms with van der Waals surface area (Å²) in [5, 5.41) is 10.4. The largest absolute Gasteiger partial charge is 0.475 e.